The van der Waals surface area contributed by atoms with E-state index < -0.39 is 12.1 Å². The first-order valence-corrected chi connectivity index (χ1v) is 6.28. The summed E-state index contributed by atoms with van der Waals surface area (Å²) >= 11 is 0. The van der Waals surface area contributed by atoms with Crippen LogP contribution in [0.3, 0.4) is 0 Å². The van der Waals surface area contributed by atoms with Gasteiger partial charge in [-0.25, -0.2) is 4.79 Å². The lowest BCUT2D eigenvalue weighted by molar-refractivity contribution is -0.146. The maximum Gasteiger partial charge on any atom is 0.337 e. The number of hydrogen-bond acceptors (Lipinski definition) is 3. The van der Waals surface area contributed by atoms with Gasteiger partial charge in [-0.05, 0) is 17.2 Å². The number of carbonyl (C=O) groups is 2. The van der Waals surface area contributed by atoms with Crippen molar-refractivity contribution in [2.45, 2.75) is 6.10 Å². The second-order valence-electron chi connectivity index (χ2n) is 4.06. The number of benzene rings is 2. The van der Waals surface area contributed by atoms with Crippen LogP contribution in [0.1, 0.15) is 17.2 Å². The number of hydrogen-bond donors (Lipinski definition) is 2. The van der Waals surface area contributed by atoms with Crippen molar-refractivity contribution >= 4 is 18.3 Å². The standard InChI is InChI=1S/C9H8O.C8H8O3/c10-8-4-7-9-5-2-1-3-6-9;9-7(8(10)11)6-4-2-1-3-5-6/h1-8H;1-5,7,9H,(H,10,11)/b7-4+;/t;7-/m.1/s1. The third-order valence-corrected chi connectivity index (χ3v) is 2.52. The van der Waals surface area contributed by atoms with E-state index in [1.807, 2.05) is 30.3 Å². The van der Waals surface area contributed by atoms with Gasteiger partial charge in [0.2, 0.25) is 0 Å². The van der Waals surface area contributed by atoms with Gasteiger partial charge < -0.3 is 10.2 Å². The fourth-order valence-corrected chi connectivity index (χ4v) is 1.49. The average Bonchev–Trinajstić information content (AvgIpc) is 2.54. The smallest absolute Gasteiger partial charge is 0.337 e. The second kappa shape index (κ2) is 9.23. The van der Waals surface area contributed by atoms with Gasteiger partial charge in [0.25, 0.3) is 0 Å². The predicted molar refractivity (Wildman–Crippen MR) is 80.6 cm³/mol. The molecule has 0 saturated heterocycles. The largest absolute Gasteiger partial charge is 0.479 e. The number of aliphatic hydroxyl groups excluding tert-OH is 1. The minimum absolute atomic E-state index is 0.403. The van der Waals surface area contributed by atoms with Gasteiger partial charge in [-0.15, -0.1) is 0 Å². The first-order chi connectivity index (χ1) is 10.1. The Morgan fingerprint density at radius 1 is 0.952 bits per heavy atom. The number of rotatable bonds is 4. The molecule has 2 N–H and O–H groups in total. The van der Waals surface area contributed by atoms with E-state index in [1.54, 1.807) is 36.4 Å². The van der Waals surface area contributed by atoms with E-state index in [1.165, 1.54) is 6.08 Å². The summed E-state index contributed by atoms with van der Waals surface area (Å²) in [6, 6.07) is 18.0. The van der Waals surface area contributed by atoms with Crippen molar-refractivity contribution in [1.82, 2.24) is 0 Å². The molecule has 0 unspecified atom stereocenters. The third-order valence-electron chi connectivity index (χ3n) is 2.52. The summed E-state index contributed by atoms with van der Waals surface area (Å²) in [6.45, 7) is 0. The summed E-state index contributed by atoms with van der Waals surface area (Å²) in [7, 11) is 0. The molecule has 0 saturated carbocycles. The molecular weight excluding hydrogens is 268 g/mol. The number of aliphatic hydroxyl groups is 1. The van der Waals surface area contributed by atoms with Crippen LogP contribution in [0, 0.1) is 0 Å². The predicted octanol–water partition coefficient (Wildman–Crippen LogP) is 2.70. The zero-order valence-corrected chi connectivity index (χ0v) is 11.3. The van der Waals surface area contributed by atoms with Crippen molar-refractivity contribution in [2.24, 2.45) is 0 Å². The Hall–Kier alpha value is -2.72. The molecule has 0 bridgehead atoms. The van der Waals surface area contributed by atoms with Crippen molar-refractivity contribution in [3.05, 3.63) is 77.9 Å². The highest BCUT2D eigenvalue weighted by molar-refractivity contribution is 5.74. The van der Waals surface area contributed by atoms with Gasteiger partial charge in [-0.3, -0.25) is 4.79 Å². The molecule has 0 aliphatic heterocycles. The fourth-order valence-electron chi connectivity index (χ4n) is 1.49. The van der Waals surface area contributed by atoms with E-state index in [0.717, 1.165) is 11.8 Å². The molecule has 1 atom stereocenters. The van der Waals surface area contributed by atoms with Crippen LogP contribution in [0.5, 0.6) is 0 Å². The Balaban J connectivity index is 0.000000211. The number of allylic oxidation sites excluding steroid dienone is 1. The third kappa shape index (κ3) is 6.31. The molecule has 0 amide bonds. The van der Waals surface area contributed by atoms with Crippen LogP contribution in [0.15, 0.2) is 66.7 Å². The SMILES string of the molecule is O=C(O)[C@H](O)c1ccccc1.O=C/C=C/c1ccccc1. The molecule has 0 heterocycles. The summed E-state index contributed by atoms with van der Waals surface area (Å²) in [4.78, 5) is 20.1. The van der Waals surface area contributed by atoms with Crippen LogP contribution in [0.2, 0.25) is 0 Å². The van der Waals surface area contributed by atoms with E-state index in [0.29, 0.717) is 5.56 Å². The Morgan fingerprint density at radius 3 is 1.95 bits per heavy atom. The lowest BCUT2D eigenvalue weighted by Crippen LogP contribution is -2.09. The average molecular weight is 284 g/mol. The van der Waals surface area contributed by atoms with Crippen LogP contribution in [-0.4, -0.2) is 22.5 Å². The minimum Gasteiger partial charge on any atom is -0.479 e. The highest BCUT2D eigenvalue weighted by Crippen LogP contribution is 2.10. The lowest BCUT2D eigenvalue weighted by Gasteiger charge is -2.03. The molecule has 4 nitrogen and oxygen atoms in total. The Kier molecular flexibility index (Phi) is 7.18. The van der Waals surface area contributed by atoms with E-state index in [4.69, 9.17) is 10.2 Å². The molecule has 0 fully saturated rings. The Morgan fingerprint density at radius 2 is 1.48 bits per heavy atom. The number of carboxylic acids is 1. The first-order valence-electron chi connectivity index (χ1n) is 6.28. The van der Waals surface area contributed by atoms with Crippen LogP contribution in [-0.2, 0) is 9.59 Å². The van der Waals surface area contributed by atoms with E-state index >= 15 is 0 Å². The van der Waals surface area contributed by atoms with Crippen molar-refractivity contribution in [2.75, 3.05) is 0 Å². The lowest BCUT2D eigenvalue weighted by atomic mass is 10.1. The van der Waals surface area contributed by atoms with Crippen molar-refractivity contribution < 1.29 is 19.8 Å². The Bertz CT molecular complexity index is 576. The second-order valence-corrected chi connectivity index (χ2v) is 4.06. The van der Waals surface area contributed by atoms with Crippen LogP contribution in [0.4, 0.5) is 0 Å². The highest BCUT2D eigenvalue weighted by atomic mass is 16.4. The zero-order valence-electron chi connectivity index (χ0n) is 11.3. The fraction of sp³-hybridized carbons (Fsp3) is 0.0588. The molecule has 4 heteroatoms. The topological polar surface area (TPSA) is 74.6 Å². The summed E-state index contributed by atoms with van der Waals surface area (Å²) in [5, 5.41) is 17.4. The van der Waals surface area contributed by atoms with Crippen molar-refractivity contribution in [3.63, 3.8) is 0 Å². The molecule has 0 radical (unpaired) electrons. The highest BCUT2D eigenvalue weighted by Gasteiger charge is 2.14. The van der Waals surface area contributed by atoms with Gasteiger partial charge >= 0.3 is 5.97 Å². The summed E-state index contributed by atoms with van der Waals surface area (Å²) < 4.78 is 0. The molecule has 2 aromatic carbocycles. The number of carboxylic acid groups (broad SMARTS) is 1. The normalized spacial score (nSPS) is 11.3. The van der Waals surface area contributed by atoms with Crippen molar-refractivity contribution in [1.29, 1.82) is 0 Å². The van der Waals surface area contributed by atoms with E-state index in [2.05, 4.69) is 0 Å². The molecule has 2 rings (SSSR count). The maximum atomic E-state index is 10.2. The molecular formula is C17H16O4. The molecule has 0 aliphatic carbocycles. The quantitative estimate of drug-likeness (QED) is 0.668. The van der Waals surface area contributed by atoms with E-state index in [-0.39, 0.29) is 0 Å². The molecule has 21 heavy (non-hydrogen) atoms. The number of carbonyl (C=O) groups excluding carboxylic acids is 1. The van der Waals surface area contributed by atoms with Gasteiger partial charge in [0.05, 0.1) is 0 Å². The monoisotopic (exact) mass is 284 g/mol. The summed E-state index contributed by atoms with van der Waals surface area (Å²) in [6.07, 6.45) is 2.62. The van der Waals surface area contributed by atoms with E-state index in [9.17, 15) is 9.59 Å². The van der Waals surface area contributed by atoms with Crippen molar-refractivity contribution in [3.8, 4) is 0 Å². The Labute approximate surface area is 123 Å². The molecule has 2 aromatic rings. The molecule has 0 spiro atoms. The van der Waals surface area contributed by atoms with Gasteiger partial charge in [-0.2, -0.15) is 0 Å². The van der Waals surface area contributed by atoms with Gasteiger partial charge in [0.15, 0.2) is 6.10 Å². The van der Waals surface area contributed by atoms with Gasteiger partial charge in [0, 0.05) is 0 Å². The van der Waals surface area contributed by atoms with Gasteiger partial charge in [0.1, 0.15) is 6.29 Å². The number of aliphatic carboxylic acids is 1. The van der Waals surface area contributed by atoms with Crippen LogP contribution < -0.4 is 0 Å². The summed E-state index contributed by atoms with van der Waals surface area (Å²) in [5.74, 6) is -1.23. The minimum atomic E-state index is -1.41. The van der Waals surface area contributed by atoms with Gasteiger partial charge in [-0.1, -0.05) is 66.7 Å². The molecule has 0 aromatic heterocycles. The molecule has 0 aliphatic rings. The summed E-state index contributed by atoms with van der Waals surface area (Å²) in [5.41, 5.74) is 1.45. The maximum absolute atomic E-state index is 10.2. The molecule has 108 valence electrons. The van der Waals surface area contributed by atoms with Crippen LogP contribution in [0.25, 0.3) is 6.08 Å². The first kappa shape index (κ1) is 16.3. The number of aldehydes is 1. The van der Waals surface area contributed by atoms with Crippen LogP contribution >= 0.6 is 0 Å². The zero-order chi connectivity index (χ0) is 15.5.